The highest BCUT2D eigenvalue weighted by Gasteiger charge is 2.25. The molecule has 3 heteroatoms. The molecule has 0 unspecified atom stereocenters. The number of para-hydroxylation sites is 3. The number of benzene rings is 9. The van der Waals surface area contributed by atoms with Gasteiger partial charge in [-0.3, -0.25) is 0 Å². The first kappa shape index (κ1) is 30.0. The highest BCUT2D eigenvalue weighted by atomic mass is 32.1. The lowest BCUT2D eigenvalue weighted by Gasteiger charge is -2.29. The third kappa shape index (κ3) is 4.64. The lowest BCUT2D eigenvalue weighted by atomic mass is 9.97. The summed E-state index contributed by atoms with van der Waals surface area (Å²) in [6.07, 6.45) is 0. The predicted octanol–water partition coefficient (Wildman–Crippen LogP) is 15.1. The van der Waals surface area contributed by atoms with Gasteiger partial charge < -0.3 is 9.32 Å². The van der Waals surface area contributed by atoms with Gasteiger partial charge in [-0.25, -0.2) is 0 Å². The van der Waals surface area contributed by atoms with Crippen molar-refractivity contribution in [3.8, 4) is 22.3 Å². The predicted molar refractivity (Wildman–Crippen MR) is 227 cm³/mol. The summed E-state index contributed by atoms with van der Waals surface area (Å²) in [5.41, 5.74) is 9.50. The number of hydrogen-bond donors (Lipinski definition) is 0. The van der Waals surface area contributed by atoms with Crippen LogP contribution in [0.15, 0.2) is 192 Å². The second-order valence-electron chi connectivity index (χ2n) is 13.6. The standard InChI is InChI=1S/C50H31NOS/c1-3-15-32(16-4-1)35-20-11-12-27-43(35)51(44-28-14-26-41-40-25-13-24-36(48(40)52-49(41)44)33-17-5-2-6-18-33)45-31-46-47(39-23-10-9-22-38(39)45)42-30-29-34-19-7-8-21-37(34)50(42)53-46/h1-31H. The highest BCUT2D eigenvalue weighted by molar-refractivity contribution is 7.27. The zero-order chi connectivity index (χ0) is 34.9. The van der Waals surface area contributed by atoms with Crippen molar-refractivity contribution in [3.63, 3.8) is 0 Å². The first-order chi connectivity index (χ1) is 26.3. The summed E-state index contributed by atoms with van der Waals surface area (Å²) >= 11 is 1.89. The molecule has 2 heterocycles. The van der Waals surface area contributed by atoms with Crippen molar-refractivity contribution >= 4 is 92.1 Å². The van der Waals surface area contributed by atoms with E-state index in [9.17, 15) is 0 Å². The topological polar surface area (TPSA) is 16.4 Å². The van der Waals surface area contributed by atoms with Gasteiger partial charge in [0.2, 0.25) is 0 Å². The Morgan fingerprint density at radius 2 is 0.962 bits per heavy atom. The Kier molecular flexibility index (Phi) is 6.76. The largest absolute Gasteiger partial charge is 0.453 e. The third-order valence-electron chi connectivity index (χ3n) is 10.6. The lowest BCUT2D eigenvalue weighted by Crippen LogP contribution is -2.12. The molecule has 2 aromatic heterocycles. The Balaban J connectivity index is 1.26. The number of thiophene rings is 1. The van der Waals surface area contributed by atoms with Crippen LogP contribution in [-0.4, -0.2) is 0 Å². The maximum Gasteiger partial charge on any atom is 0.159 e. The summed E-state index contributed by atoms with van der Waals surface area (Å²) in [4.78, 5) is 2.44. The molecule has 248 valence electrons. The SMILES string of the molecule is c1ccc(-c2ccccc2N(c2cc3sc4c5ccccc5ccc4c3c3ccccc23)c2cccc3c2oc2c(-c4ccccc4)cccc23)cc1. The molecular weight excluding hydrogens is 663 g/mol. The van der Waals surface area contributed by atoms with Gasteiger partial charge >= 0.3 is 0 Å². The summed E-state index contributed by atoms with van der Waals surface area (Å²) in [5.74, 6) is 0. The van der Waals surface area contributed by atoms with Crippen molar-refractivity contribution in [2.45, 2.75) is 0 Å². The molecule has 11 aromatic rings. The van der Waals surface area contributed by atoms with Gasteiger partial charge in [0.1, 0.15) is 5.58 Å². The van der Waals surface area contributed by atoms with E-state index in [0.717, 1.165) is 61.3 Å². The number of rotatable bonds is 5. The monoisotopic (exact) mass is 693 g/mol. The van der Waals surface area contributed by atoms with E-state index in [1.54, 1.807) is 0 Å². The van der Waals surface area contributed by atoms with Crippen LogP contribution < -0.4 is 4.90 Å². The van der Waals surface area contributed by atoms with E-state index in [0.29, 0.717) is 0 Å². The van der Waals surface area contributed by atoms with Gasteiger partial charge in [0.25, 0.3) is 0 Å². The first-order valence-corrected chi connectivity index (χ1v) is 18.8. The smallest absolute Gasteiger partial charge is 0.159 e. The average Bonchev–Trinajstić information content (AvgIpc) is 3.81. The van der Waals surface area contributed by atoms with Crippen LogP contribution in [0.2, 0.25) is 0 Å². The van der Waals surface area contributed by atoms with Gasteiger partial charge in [-0.05, 0) is 45.5 Å². The average molecular weight is 694 g/mol. The molecule has 0 atom stereocenters. The fourth-order valence-corrected chi connectivity index (χ4v) is 9.57. The van der Waals surface area contributed by atoms with Gasteiger partial charge in [0, 0.05) is 47.5 Å². The fourth-order valence-electron chi connectivity index (χ4n) is 8.28. The molecule has 0 bridgehead atoms. The molecule has 0 saturated carbocycles. The van der Waals surface area contributed by atoms with Gasteiger partial charge in [-0.1, -0.05) is 170 Å². The molecule has 53 heavy (non-hydrogen) atoms. The molecule has 0 radical (unpaired) electrons. The zero-order valence-corrected chi connectivity index (χ0v) is 29.5. The Morgan fingerprint density at radius 1 is 0.377 bits per heavy atom. The van der Waals surface area contributed by atoms with Crippen molar-refractivity contribution in [1.29, 1.82) is 0 Å². The van der Waals surface area contributed by atoms with E-state index in [1.165, 1.54) is 41.7 Å². The molecule has 0 aliphatic carbocycles. The number of nitrogens with zero attached hydrogens (tertiary/aromatic N) is 1. The molecule has 2 nitrogen and oxygen atoms in total. The summed E-state index contributed by atoms with van der Waals surface area (Å²) < 4.78 is 9.68. The number of fused-ring (bicyclic) bond motifs is 10. The van der Waals surface area contributed by atoms with E-state index in [-0.39, 0.29) is 0 Å². The fraction of sp³-hybridized carbons (Fsp3) is 0. The van der Waals surface area contributed by atoms with Crippen LogP contribution >= 0.6 is 11.3 Å². The van der Waals surface area contributed by atoms with Crippen LogP contribution in [0.5, 0.6) is 0 Å². The molecule has 0 saturated heterocycles. The van der Waals surface area contributed by atoms with E-state index in [2.05, 4.69) is 193 Å². The molecule has 0 aliphatic heterocycles. The molecule has 11 rings (SSSR count). The van der Waals surface area contributed by atoms with Crippen LogP contribution in [0.3, 0.4) is 0 Å². The quantitative estimate of drug-likeness (QED) is 0.178. The Hall–Kier alpha value is -6.68. The van der Waals surface area contributed by atoms with Crippen molar-refractivity contribution in [2.75, 3.05) is 4.90 Å². The third-order valence-corrected chi connectivity index (χ3v) is 11.8. The molecule has 0 spiro atoms. The minimum atomic E-state index is 0.861. The first-order valence-electron chi connectivity index (χ1n) is 18.0. The summed E-state index contributed by atoms with van der Waals surface area (Å²) in [6, 6.07) is 67.7. The summed E-state index contributed by atoms with van der Waals surface area (Å²) in [6.45, 7) is 0. The van der Waals surface area contributed by atoms with Crippen LogP contribution in [0, 0.1) is 0 Å². The van der Waals surface area contributed by atoms with E-state index in [1.807, 2.05) is 11.3 Å². The summed E-state index contributed by atoms with van der Waals surface area (Å²) in [5, 5.41) is 9.80. The van der Waals surface area contributed by atoms with Crippen LogP contribution in [-0.2, 0) is 0 Å². The Labute approximate surface area is 310 Å². The van der Waals surface area contributed by atoms with Crippen molar-refractivity contribution in [3.05, 3.63) is 188 Å². The lowest BCUT2D eigenvalue weighted by molar-refractivity contribution is 0.670. The molecule has 0 fully saturated rings. The minimum absolute atomic E-state index is 0.861. The minimum Gasteiger partial charge on any atom is -0.453 e. The van der Waals surface area contributed by atoms with Crippen LogP contribution in [0.4, 0.5) is 17.1 Å². The van der Waals surface area contributed by atoms with Crippen molar-refractivity contribution < 1.29 is 4.42 Å². The van der Waals surface area contributed by atoms with Crippen molar-refractivity contribution in [2.24, 2.45) is 0 Å². The second kappa shape index (κ2) is 11.9. The maximum absolute atomic E-state index is 7.10. The zero-order valence-electron chi connectivity index (χ0n) is 28.7. The molecule has 0 N–H and O–H groups in total. The number of anilines is 3. The van der Waals surface area contributed by atoms with Gasteiger partial charge in [-0.2, -0.15) is 0 Å². The maximum atomic E-state index is 7.10. The highest BCUT2D eigenvalue weighted by Crippen LogP contribution is 2.51. The molecule has 0 amide bonds. The second-order valence-corrected chi connectivity index (χ2v) is 14.7. The normalized spacial score (nSPS) is 11.8. The van der Waals surface area contributed by atoms with E-state index in [4.69, 9.17) is 4.42 Å². The molecule has 0 aliphatic rings. The molecule has 9 aromatic carbocycles. The van der Waals surface area contributed by atoms with Crippen LogP contribution in [0.1, 0.15) is 0 Å². The van der Waals surface area contributed by atoms with Gasteiger partial charge in [-0.15, -0.1) is 11.3 Å². The van der Waals surface area contributed by atoms with E-state index >= 15 is 0 Å². The summed E-state index contributed by atoms with van der Waals surface area (Å²) in [7, 11) is 0. The van der Waals surface area contributed by atoms with Gasteiger partial charge in [0.05, 0.1) is 17.1 Å². The Bertz CT molecular complexity index is 3180. The van der Waals surface area contributed by atoms with Crippen LogP contribution in [0.25, 0.3) is 85.9 Å². The number of furan rings is 1. The molecular formula is C50H31NOS. The van der Waals surface area contributed by atoms with E-state index < -0.39 is 0 Å². The Morgan fingerprint density at radius 3 is 1.77 bits per heavy atom. The van der Waals surface area contributed by atoms with Gasteiger partial charge in [0.15, 0.2) is 5.58 Å². The number of hydrogen-bond acceptors (Lipinski definition) is 3. The van der Waals surface area contributed by atoms with Crippen molar-refractivity contribution in [1.82, 2.24) is 0 Å².